The SMILES string of the molecule is CC(=O)C(=O)c1ccc(OCCOC(=O)/C=C(/C)C(=O)O)cc1. The Bertz CT molecular complexity index is 641. The highest BCUT2D eigenvalue weighted by Crippen LogP contribution is 2.12. The molecule has 0 saturated carbocycles. The number of rotatable bonds is 8. The summed E-state index contributed by atoms with van der Waals surface area (Å²) in [6.45, 7) is 2.48. The Morgan fingerprint density at radius 3 is 2.17 bits per heavy atom. The molecule has 0 aliphatic heterocycles. The van der Waals surface area contributed by atoms with Crippen LogP contribution in [-0.2, 0) is 19.1 Å². The Labute approximate surface area is 132 Å². The zero-order valence-electron chi connectivity index (χ0n) is 12.7. The second-order valence-electron chi connectivity index (χ2n) is 4.56. The van der Waals surface area contributed by atoms with Crippen molar-refractivity contribution in [1.82, 2.24) is 0 Å². The summed E-state index contributed by atoms with van der Waals surface area (Å²) >= 11 is 0. The number of carbonyl (C=O) groups excluding carboxylic acids is 3. The first-order valence-corrected chi connectivity index (χ1v) is 6.67. The maximum Gasteiger partial charge on any atom is 0.331 e. The van der Waals surface area contributed by atoms with Crippen molar-refractivity contribution < 1.29 is 33.8 Å². The van der Waals surface area contributed by atoms with Crippen LogP contribution in [-0.4, -0.2) is 41.8 Å². The third-order valence-electron chi connectivity index (χ3n) is 2.70. The van der Waals surface area contributed by atoms with Gasteiger partial charge in [-0.15, -0.1) is 0 Å². The van der Waals surface area contributed by atoms with Crippen LogP contribution in [0.5, 0.6) is 5.75 Å². The van der Waals surface area contributed by atoms with Gasteiger partial charge in [0, 0.05) is 24.1 Å². The van der Waals surface area contributed by atoms with Crippen molar-refractivity contribution in [1.29, 1.82) is 0 Å². The third kappa shape index (κ3) is 6.13. The maximum atomic E-state index is 11.4. The van der Waals surface area contributed by atoms with Gasteiger partial charge in [-0.3, -0.25) is 9.59 Å². The molecule has 0 unspecified atom stereocenters. The first-order valence-electron chi connectivity index (χ1n) is 6.67. The summed E-state index contributed by atoms with van der Waals surface area (Å²) in [6.07, 6.45) is 0.879. The van der Waals surface area contributed by atoms with Crippen LogP contribution in [0.15, 0.2) is 35.9 Å². The number of carboxylic acids is 1. The van der Waals surface area contributed by atoms with Gasteiger partial charge < -0.3 is 14.6 Å². The summed E-state index contributed by atoms with van der Waals surface area (Å²) in [5.74, 6) is -2.64. The minimum absolute atomic E-state index is 0.0592. The second-order valence-corrected chi connectivity index (χ2v) is 4.56. The molecule has 0 aliphatic rings. The van der Waals surface area contributed by atoms with E-state index in [1.54, 1.807) is 0 Å². The molecule has 0 spiro atoms. The van der Waals surface area contributed by atoms with Crippen LogP contribution in [0.25, 0.3) is 0 Å². The fourth-order valence-electron chi connectivity index (χ4n) is 1.49. The van der Waals surface area contributed by atoms with Crippen LogP contribution in [0.2, 0.25) is 0 Å². The van der Waals surface area contributed by atoms with Crippen molar-refractivity contribution in [2.75, 3.05) is 13.2 Å². The number of hydrogen-bond acceptors (Lipinski definition) is 6. The van der Waals surface area contributed by atoms with Crippen molar-refractivity contribution in [2.45, 2.75) is 13.8 Å². The average Bonchev–Trinajstić information content (AvgIpc) is 2.51. The maximum absolute atomic E-state index is 11.4. The quantitative estimate of drug-likeness (QED) is 0.254. The molecule has 7 nitrogen and oxygen atoms in total. The molecule has 0 atom stereocenters. The summed E-state index contributed by atoms with van der Waals surface area (Å²) < 4.78 is 10.1. The smallest absolute Gasteiger partial charge is 0.331 e. The zero-order valence-corrected chi connectivity index (χ0v) is 12.7. The first-order chi connectivity index (χ1) is 10.8. The van der Waals surface area contributed by atoms with Crippen molar-refractivity contribution in [3.63, 3.8) is 0 Å². The fourth-order valence-corrected chi connectivity index (χ4v) is 1.49. The number of carbonyl (C=O) groups is 4. The molecule has 122 valence electrons. The number of benzene rings is 1. The Hall–Kier alpha value is -2.96. The molecule has 0 fully saturated rings. The molecule has 23 heavy (non-hydrogen) atoms. The summed E-state index contributed by atoms with van der Waals surface area (Å²) in [6, 6.07) is 5.97. The average molecular weight is 320 g/mol. The molecule has 0 aromatic heterocycles. The number of aliphatic carboxylic acids is 1. The van der Waals surface area contributed by atoms with E-state index in [2.05, 4.69) is 0 Å². The lowest BCUT2D eigenvalue weighted by Gasteiger charge is -2.07. The molecule has 0 radical (unpaired) electrons. The van der Waals surface area contributed by atoms with Gasteiger partial charge >= 0.3 is 11.9 Å². The Morgan fingerprint density at radius 1 is 1.04 bits per heavy atom. The lowest BCUT2D eigenvalue weighted by atomic mass is 10.1. The number of ketones is 2. The molecule has 1 aromatic rings. The van der Waals surface area contributed by atoms with Crippen LogP contribution in [0, 0.1) is 0 Å². The van der Waals surface area contributed by atoms with Gasteiger partial charge in [0.25, 0.3) is 0 Å². The first kappa shape index (κ1) is 18.1. The van der Waals surface area contributed by atoms with E-state index in [0.29, 0.717) is 5.75 Å². The Balaban J connectivity index is 2.41. The molecule has 0 aliphatic carbocycles. The van der Waals surface area contributed by atoms with Crippen LogP contribution in [0.1, 0.15) is 24.2 Å². The number of Topliss-reactive ketones (excluding diaryl/α,β-unsaturated/α-hetero) is 2. The van der Waals surface area contributed by atoms with E-state index < -0.39 is 23.5 Å². The van der Waals surface area contributed by atoms with E-state index in [-0.39, 0.29) is 24.4 Å². The lowest BCUT2D eigenvalue weighted by Crippen LogP contribution is -2.12. The predicted octanol–water partition coefficient (Wildman–Crippen LogP) is 1.41. The normalized spacial score (nSPS) is 10.8. The molecular formula is C16H16O7. The minimum atomic E-state index is -1.20. The monoisotopic (exact) mass is 320 g/mol. The Morgan fingerprint density at radius 2 is 1.65 bits per heavy atom. The van der Waals surface area contributed by atoms with Crippen LogP contribution in [0.3, 0.4) is 0 Å². The standard InChI is InChI=1S/C16H16O7/c1-10(16(20)21)9-14(18)23-8-7-22-13-5-3-12(4-6-13)15(19)11(2)17/h3-6,9H,7-8H2,1-2H3,(H,20,21)/b10-9-. The van der Waals surface area contributed by atoms with E-state index in [4.69, 9.17) is 14.6 Å². The van der Waals surface area contributed by atoms with Crippen molar-refractivity contribution in [2.24, 2.45) is 0 Å². The van der Waals surface area contributed by atoms with Crippen LogP contribution >= 0.6 is 0 Å². The van der Waals surface area contributed by atoms with Gasteiger partial charge in [0.05, 0.1) is 0 Å². The Kier molecular flexibility index (Phi) is 6.67. The van der Waals surface area contributed by atoms with Crippen LogP contribution in [0.4, 0.5) is 0 Å². The van der Waals surface area contributed by atoms with Gasteiger partial charge in [-0.05, 0) is 31.2 Å². The molecule has 0 bridgehead atoms. The molecule has 0 saturated heterocycles. The molecule has 0 amide bonds. The molecule has 7 heteroatoms. The number of esters is 1. The van der Waals surface area contributed by atoms with Gasteiger partial charge in [0.2, 0.25) is 5.78 Å². The van der Waals surface area contributed by atoms with E-state index in [1.807, 2.05) is 0 Å². The number of hydrogen-bond donors (Lipinski definition) is 1. The van der Waals surface area contributed by atoms with Gasteiger partial charge in [0.15, 0.2) is 5.78 Å². The van der Waals surface area contributed by atoms with Crippen molar-refractivity contribution in [3.05, 3.63) is 41.5 Å². The largest absolute Gasteiger partial charge is 0.490 e. The lowest BCUT2D eigenvalue weighted by molar-refractivity contribution is -0.139. The van der Waals surface area contributed by atoms with Crippen LogP contribution < -0.4 is 4.74 Å². The number of carboxylic acid groups (broad SMARTS) is 1. The highest BCUT2D eigenvalue weighted by Gasteiger charge is 2.10. The number of ether oxygens (including phenoxy) is 2. The van der Waals surface area contributed by atoms with E-state index in [9.17, 15) is 19.2 Å². The molecular weight excluding hydrogens is 304 g/mol. The van der Waals surface area contributed by atoms with Gasteiger partial charge in [-0.1, -0.05) is 0 Å². The minimum Gasteiger partial charge on any atom is -0.490 e. The van der Waals surface area contributed by atoms with Gasteiger partial charge in [0.1, 0.15) is 19.0 Å². The molecule has 1 N–H and O–H groups in total. The molecule has 1 rings (SSSR count). The summed E-state index contributed by atoms with van der Waals surface area (Å²) in [5, 5.41) is 8.60. The summed E-state index contributed by atoms with van der Waals surface area (Å²) in [7, 11) is 0. The fraction of sp³-hybridized carbons (Fsp3) is 0.250. The highest BCUT2D eigenvalue weighted by molar-refractivity contribution is 6.42. The van der Waals surface area contributed by atoms with E-state index in [0.717, 1.165) is 6.08 Å². The predicted molar refractivity (Wildman–Crippen MR) is 79.3 cm³/mol. The van der Waals surface area contributed by atoms with Gasteiger partial charge in [-0.25, -0.2) is 9.59 Å². The zero-order chi connectivity index (χ0) is 17.4. The molecule has 1 aromatic carbocycles. The van der Waals surface area contributed by atoms with Crippen molar-refractivity contribution in [3.8, 4) is 5.75 Å². The van der Waals surface area contributed by atoms with Crippen molar-refractivity contribution >= 4 is 23.5 Å². The van der Waals surface area contributed by atoms with E-state index in [1.165, 1.54) is 38.1 Å². The van der Waals surface area contributed by atoms with Gasteiger partial charge in [-0.2, -0.15) is 0 Å². The summed E-state index contributed by atoms with van der Waals surface area (Å²) in [4.78, 5) is 44.2. The molecule has 0 heterocycles. The van der Waals surface area contributed by atoms with E-state index >= 15 is 0 Å². The summed E-state index contributed by atoms with van der Waals surface area (Å²) in [5.41, 5.74) is 0.146. The third-order valence-corrected chi connectivity index (χ3v) is 2.70. The highest BCUT2D eigenvalue weighted by atomic mass is 16.6. The second kappa shape index (κ2) is 8.47. The topological polar surface area (TPSA) is 107 Å².